The number of esters is 1. The van der Waals surface area contributed by atoms with Crippen molar-refractivity contribution in [2.45, 2.75) is 25.6 Å². The number of hydrogen-bond acceptors (Lipinski definition) is 4. The molecule has 0 saturated carbocycles. The molecule has 1 aromatic heterocycles. The molecule has 0 aliphatic carbocycles. The Hall–Kier alpha value is -1.50. The van der Waals surface area contributed by atoms with Crippen molar-refractivity contribution in [2.24, 2.45) is 0 Å². The van der Waals surface area contributed by atoms with E-state index in [2.05, 4.69) is 10.1 Å². The summed E-state index contributed by atoms with van der Waals surface area (Å²) < 4.78 is 46.6. The Bertz CT molecular complexity index is 400. The van der Waals surface area contributed by atoms with Crippen LogP contribution in [0.15, 0.2) is 16.5 Å². The second-order valence-electron chi connectivity index (χ2n) is 3.62. The quantitative estimate of drug-likeness (QED) is 0.831. The van der Waals surface area contributed by atoms with Crippen LogP contribution >= 0.6 is 0 Å². The van der Waals surface area contributed by atoms with Crippen molar-refractivity contribution in [1.82, 2.24) is 5.32 Å². The summed E-state index contributed by atoms with van der Waals surface area (Å²) in [5, 5.41) is 2.66. The summed E-state index contributed by atoms with van der Waals surface area (Å²) in [6, 6.07) is 1.63. The Labute approximate surface area is 102 Å². The van der Waals surface area contributed by atoms with Crippen molar-refractivity contribution in [3.05, 3.63) is 23.7 Å². The molecule has 0 fully saturated rings. The van der Waals surface area contributed by atoms with Crippen LogP contribution in [0.4, 0.5) is 13.2 Å². The third-order valence-electron chi connectivity index (χ3n) is 2.24. The number of nitrogens with one attached hydrogen (secondary N) is 1. The zero-order chi connectivity index (χ0) is 13.8. The Kier molecular flexibility index (Phi) is 4.77. The molecule has 1 N–H and O–H groups in total. The summed E-state index contributed by atoms with van der Waals surface area (Å²) in [6.45, 7) is 2.04. The lowest BCUT2D eigenvalue weighted by Gasteiger charge is -2.17. The first-order valence-electron chi connectivity index (χ1n) is 5.35. The van der Waals surface area contributed by atoms with Crippen LogP contribution in [0.5, 0.6) is 0 Å². The van der Waals surface area contributed by atoms with E-state index in [0.717, 1.165) is 0 Å². The molecule has 4 nitrogen and oxygen atoms in total. The third kappa shape index (κ3) is 4.06. The molecule has 102 valence electrons. The van der Waals surface area contributed by atoms with Crippen molar-refractivity contribution in [1.29, 1.82) is 0 Å². The number of ether oxygens (including phenoxy) is 1. The summed E-state index contributed by atoms with van der Waals surface area (Å²) >= 11 is 0. The van der Waals surface area contributed by atoms with Gasteiger partial charge >= 0.3 is 12.1 Å². The summed E-state index contributed by atoms with van der Waals surface area (Å²) in [5.74, 6) is -0.768. The molecule has 18 heavy (non-hydrogen) atoms. The van der Waals surface area contributed by atoms with E-state index in [1.165, 1.54) is 19.2 Å². The van der Waals surface area contributed by atoms with Crippen molar-refractivity contribution >= 4 is 5.97 Å². The van der Waals surface area contributed by atoms with E-state index in [-0.39, 0.29) is 11.5 Å². The molecule has 0 spiro atoms. The summed E-state index contributed by atoms with van der Waals surface area (Å²) in [6.07, 6.45) is -5.37. The lowest BCUT2D eigenvalue weighted by atomic mass is 10.1. The normalized spacial score (nSPS) is 13.4. The van der Waals surface area contributed by atoms with Crippen LogP contribution in [0.1, 0.15) is 35.7 Å². The van der Waals surface area contributed by atoms with E-state index in [1.807, 2.05) is 0 Å². The lowest BCUT2D eigenvalue weighted by molar-refractivity contribution is -0.141. The first-order valence-corrected chi connectivity index (χ1v) is 5.35. The fourth-order valence-electron chi connectivity index (χ4n) is 1.50. The lowest BCUT2D eigenvalue weighted by Crippen LogP contribution is -2.26. The van der Waals surface area contributed by atoms with Crippen LogP contribution in [0.25, 0.3) is 0 Å². The number of carbonyl (C=O) groups excluding carboxylic acids is 1. The van der Waals surface area contributed by atoms with Crippen LogP contribution < -0.4 is 5.32 Å². The highest BCUT2D eigenvalue weighted by molar-refractivity contribution is 5.86. The first-order chi connectivity index (χ1) is 8.37. The van der Waals surface area contributed by atoms with E-state index >= 15 is 0 Å². The number of furan rings is 1. The van der Waals surface area contributed by atoms with Gasteiger partial charge in [-0.2, -0.15) is 13.2 Å². The summed E-state index contributed by atoms with van der Waals surface area (Å²) in [7, 11) is 1.17. The number of alkyl halides is 3. The average molecular weight is 265 g/mol. The fraction of sp³-hybridized carbons (Fsp3) is 0.545. The fourth-order valence-corrected chi connectivity index (χ4v) is 1.50. The van der Waals surface area contributed by atoms with Gasteiger partial charge in [-0.25, -0.2) is 4.79 Å². The van der Waals surface area contributed by atoms with E-state index in [9.17, 15) is 18.0 Å². The maximum absolute atomic E-state index is 12.4. The van der Waals surface area contributed by atoms with Gasteiger partial charge in [0.15, 0.2) is 0 Å². The molecule has 1 heterocycles. The molecule has 7 heteroatoms. The minimum atomic E-state index is -4.31. The van der Waals surface area contributed by atoms with Crippen LogP contribution in [0.3, 0.4) is 0 Å². The van der Waals surface area contributed by atoms with Gasteiger partial charge in [0.1, 0.15) is 5.76 Å². The zero-order valence-corrected chi connectivity index (χ0v) is 10.0. The number of methoxy groups -OCH3 is 1. The van der Waals surface area contributed by atoms with Gasteiger partial charge in [0.25, 0.3) is 0 Å². The third-order valence-corrected chi connectivity index (χ3v) is 2.24. The molecular formula is C11H14F3NO3. The monoisotopic (exact) mass is 265 g/mol. The van der Waals surface area contributed by atoms with Gasteiger partial charge in [-0.15, -0.1) is 0 Å². The highest BCUT2D eigenvalue weighted by atomic mass is 19.4. The van der Waals surface area contributed by atoms with Crippen molar-refractivity contribution in [3.63, 3.8) is 0 Å². The highest BCUT2D eigenvalue weighted by Crippen LogP contribution is 2.30. The number of carbonyl (C=O) groups is 1. The van der Waals surface area contributed by atoms with E-state index in [4.69, 9.17) is 4.42 Å². The van der Waals surface area contributed by atoms with E-state index in [0.29, 0.717) is 6.54 Å². The maximum atomic E-state index is 12.4. The predicted molar refractivity (Wildman–Crippen MR) is 57.1 cm³/mol. The summed E-state index contributed by atoms with van der Waals surface area (Å²) in [4.78, 5) is 11.1. The SMILES string of the molecule is CCNC(CC(F)(F)F)c1ccc(C(=O)OC)o1. The molecular weight excluding hydrogens is 251 g/mol. The molecule has 0 amide bonds. The van der Waals surface area contributed by atoms with Gasteiger partial charge < -0.3 is 14.5 Å². The Morgan fingerprint density at radius 1 is 1.50 bits per heavy atom. The zero-order valence-electron chi connectivity index (χ0n) is 10.0. The topological polar surface area (TPSA) is 51.5 Å². The molecule has 1 aromatic rings. The Morgan fingerprint density at radius 2 is 2.17 bits per heavy atom. The molecule has 0 aliphatic rings. The van der Waals surface area contributed by atoms with Crippen LogP contribution in [-0.2, 0) is 4.74 Å². The number of rotatable bonds is 5. The molecule has 0 aromatic carbocycles. The van der Waals surface area contributed by atoms with Crippen LogP contribution in [0.2, 0.25) is 0 Å². The largest absolute Gasteiger partial charge is 0.463 e. The minimum Gasteiger partial charge on any atom is -0.463 e. The number of hydrogen-bond donors (Lipinski definition) is 1. The standard InChI is InChI=1S/C11H14F3NO3/c1-3-15-7(6-11(12,13)14)8-4-5-9(18-8)10(16)17-2/h4-5,7,15H,3,6H2,1-2H3. The van der Waals surface area contributed by atoms with E-state index in [1.54, 1.807) is 6.92 Å². The second kappa shape index (κ2) is 5.90. The van der Waals surface area contributed by atoms with Gasteiger partial charge in [0, 0.05) is 0 Å². The van der Waals surface area contributed by atoms with Gasteiger partial charge in [0.05, 0.1) is 19.6 Å². The van der Waals surface area contributed by atoms with Gasteiger partial charge in [-0.05, 0) is 18.7 Å². The average Bonchev–Trinajstić information content (AvgIpc) is 2.75. The van der Waals surface area contributed by atoms with Crippen LogP contribution in [0, 0.1) is 0 Å². The molecule has 1 unspecified atom stereocenters. The predicted octanol–water partition coefficient (Wildman–Crippen LogP) is 2.67. The molecule has 0 bridgehead atoms. The summed E-state index contributed by atoms with van der Waals surface area (Å²) in [5.41, 5.74) is 0. The molecule has 0 aliphatic heterocycles. The van der Waals surface area contributed by atoms with Gasteiger partial charge in [0.2, 0.25) is 5.76 Å². The van der Waals surface area contributed by atoms with E-state index < -0.39 is 24.6 Å². The number of halogens is 3. The smallest absolute Gasteiger partial charge is 0.391 e. The minimum absolute atomic E-state index is 0.0644. The Balaban J connectivity index is 2.85. The van der Waals surface area contributed by atoms with Crippen molar-refractivity contribution in [2.75, 3.05) is 13.7 Å². The molecule has 0 radical (unpaired) electrons. The first kappa shape index (κ1) is 14.6. The van der Waals surface area contributed by atoms with Gasteiger partial charge in [-0.1, -0.05) is 6.92 Å². The van der Waals surface area contributed by atoms with Crippen molar-refractivity contribution in [3.8, 4) is 0 Å². The molecule has 1 atom stereocenters. The molecule has 1 rings (SSSR count). The van der Waals surface area contributed by atoms with Crippen molar-refractivity contribution < 1.29 is 27.1 Å². The highest BCUT2D eigenvalue weighted by Gasteiger charge is 2.34. The second-order valence-corrected chi connectivity index (χ2v) is 3.62. The maximum Gasteiger partial charge on any atom is 0.391 e. The Morgan fingerprint density at radius 3 is 2.67 bits per heavy atom. The van der Waals surface area contributed by atoms with Crippen LogP contribution in [-0.4, -0.2) is 25.8 Å². The molecule has 0 saturated heterocycles. The van der Waals surface area contributed by atoms with Gasteiger partial charge in [-0.3, -0.25) is 0 Å².